The minimum absolute atomic E-state index is 0.358. The molecule has 3 aromatic rings. The number of hydrogen-bond acceptors (Lipinski definition) is 4. The molecule has 2 amide bonds. The molecule has 0 bridgehead atoms. The van der Waals surface area contributed by atoms with Crippen molar-refractivity contribution in [3.05, 3.63) is 77.5 Å². The van der Waals surface area contributed by atoms with Crippen molar-refractivity contribution in [2.75, 3.05) is 0 Å². The second kappa shape index (κ2) is 7.11. The van der Waals surface area contributed by atoms with E-state index in [2.05, 4.69) is 15.8 Å². The average Bonchev–Trinajstić information content (AvgIpc) is 2.61. The third-order valence-corrected chi connectivity index (χ3v) is 3.84. The molecular weight excluding hydrogens is 316 g/mol. The second-order valence-corrected chi connectivity index (χ2v) is 5.67. The second-order valence-electron chi connectivity index (χ2n) is 5.67. The number of amides is 2. The van der Waals surface area contributed by atoms with Gasteiger partial charge in [-0.05, 0) is 24.6 Å². The molecule has 0 saturated heterocycles. The lowest BCUT2D eigenvalue weighted by molar-refractivity contribution is -0.120. The van der Waals surface area contributed by atoms with E-state index in [0.717, 1.165) is 16.6 Å². The van der Waals surface area contributed by atoms with Crippen molar-refractivity contribution in [2.24, 2.45) is 5.73 Å². The topological polar surface area (TPSA) is 97.1 Å². The minimum Gasteiger partial charge on any atom is -0.368 e. The van der Waals surface area contributed by atoms with E-state index in [9.17, 15) is 9.59 Å². The highest BCUT2D eigenvalue weighted by Gasteiger charge is 2.19. The average molecular weight is 334 g/mol. The van der Waals surface area contributed by atoms with Gasteiger partial charge < -0.3 is 5.73 Å². The van der Waals surface area contributed by atoms with Gasteiger partial charge in [0.15, 0.2) is 0 Å². The van der Waals surface area contributed by atoms with Crippen LogP contribution in [-0.2, 0) is 4.79 Å². The third-order valence-electron chi connectivity index (χ3n) is 3.84. The van der Waals surface area contributed by atoms with Crippen LogP contribution >= 0.6 is 0 Å². The smallest absolute Gasteiger partial charge is 0.266 e. The zero-order valence-corrected chi connectivity index (χ0v) is 13.7. The van der Waals surface area contributed by atoms with Gasteiger partial charge in [0, 0.05) is 11.1 Å². The van der Waals surface area contributed by atoms with Crippen molar-refractivity contribution < 1.29 is 9.59 Å². The predicted octanol–water partition coefficient (Wildman–Crippen LogP) is 2.00. The van der Waals surface area contributed by atoms with E-state index in [-0.39, 0.29) is 5.91 Å². The van der Waals surface area contributed by atoms with E-state index in [1.807, 2.05) is 37.3 Å². The molecule has 6 nitrogen and oxygen atoms in total. The Morgan fingerprint density at radius 1 is 1.04 bits per heavy atom. The molecule has 0 saturated carbocycles. The number of carbonyl (C=O) groups is 2. The van der Waals surface area contributed by atoms with Crippen LogP contribution in [0.5, 0.6) is 0 Å². The van der Waals surface area contributed by atoms with Crippen LogP contribution in [0.25, 0.3) is 10.9 Å². The lowest BCUT2D eigenvalue weighted by Gasteiger charge is -2.17. The van der Waals surface area contributed by atoms with Gasteiger partial charge in [0.25, 0.3) is 5.91 Å². The molecule has 126 valence electrons. The van der Waals surface area contributed by atoms with Crippen LogP contribution in [0.4, 0.5) is 0 Å². The number of nitrogens with zero attached hydrogens (tertiary/aromatic N) is 1. The normalized spacial score (nSPS) is 11.9. The van der Waals surface area contributed by atoms with Crippen molar-refractivity contribution >= 4 is 22.7 Å². The Hall–Kier alpha value is -3.25. The summed E-state index contributed by atoms with van der Waals surface area (Å²) in [5.74, 6) is -0.939. The van der Waals surface area contributed by atoms with Gasteiger partial charge in [0.1, 0.15) is 6.04 Å². The van der Waals surface area contributed by atoms with E-state index in [1.165, 1.54) is 0 Å². The summed E-state index contributed by atoms with van der Waals surface area (Å²) in [5.41, 5.74) is 13.4. The molecule has 2 aromatic carbocycles. The molecule has 0 fully saturated rings. The highest BCUT2D eigenvalue weighted by molar-refractivity contribution is 6.06. The van der Waals surface area contributed by atoms with Crippen LogP contribution in [0, 0.1) is 6.92 Å². The zero-order valence-electron chi connectivity index (χ0n) is 13.7. The van der Waals surface area contributed by atoms with Crippen molar-refractivity contribution in [3.8, 4) is 0 Å². The van der Waals surface area contributed by atoms with Gasteiger partial charge in [0.05, 0.1) is 11.1 Å². The third kappa shape index (κ3) is 3.64. The highest BCUT2D eigenvalue weighted by Crippen LogP contribution is 2.18. The fourth-order valence-corrected chi connectivity index (χ4v) is 2.66. The van der Waals surface area contributed by atoms with Gasteiger partial charge in [-0.1, -0.05) is 48.5 Å². The fraction of sp³-hybridized carbons (Fsp3) is 0.105. The SMILES string of the molecule is Cc1cc(C(=O)NN[C@@H](C(N)=O)c2ccccc2)c2ccccc2n1. The highest BCUT2D eigenvalue weighted by atomic mass is 16.2. The molecule has 1 heterocycles. The standard InChI is InChI=1S/C19H18N4O2/c1-12-11-15(14-9-5-6-10-16(14)21-12)19(25)23-22-17(18(20)24)13-7-3-2-4-8-13/h2-11,17,22H,1H3,(H2,20,24)(H,23,25)/t17-/m1/s1. The lowest BCUT2D eigenvalue weighted by Crippen LogP contribution is -2.45. The number of fused-ring (bicyclic) bond motifs is 1. The molecule has 4 N–H and O–H groups in total. The van der Waals surface area contributed by atoms with Crippen LogP contribution in [0.1, 0.15) is 27.7 Å². The monoisotopic (exact) mass is 334 g/mol. The molecule has 1 aromatic heterocycles. The molecule has 3 rings (SSSR count). The first-order valence-corrected chi connectivity index (χ1v) is 7.83. The maximum absolute atomic E-state index is 12.6. The van der Waals surface area contributed by atoms with Gasteiger partial charge in [0.2, 0.25) is 5.91 Å². The molecule has 0 unspecified atom stereocenters. The first-order valence-electron chi connectivity index (χ1n) is 7.83. The quantitative estimate of drug-likeness (QED) is 0.622. The number of benzene rings is 2. The number of aryl methyl sites for hydroxylation is 1. The summed E-state index contributed by atoms with van der Waals surface area (Å²) in [6.45, 7) is 1.83. The maximum Gasteiger partial charge on any atom is 0.266 e. The fourth-order valence-electron chi connectivity index (χ4n) is 2.66. The summed E-state index contributed by atoms with van der Waals surface area (Å²) in [6.07, 6.45) is 0. The maximum atomic E-state index is 12.6. The van der Waals surface area contributed by atoms with Crippen molar-refractivity contribution in [1.82, 2.24) is 15.8 Å². The van der Waals surface area contributed by atoms with E-state index in [1.54, 1.807) is 30.3 Å². The Balaban J connectivity index is 1.84. The number of rotatable bonds is 5. The van der Waals surface area contributed by atoms with Crippen LogP contribution in [0.3, 0.4) is 0 Å². The molecule has 0 aliphatic carbocycles. The largest absolute Gasteiger partial charge is 0.368 e. The summed E-state index contributed by atoms with van der Waals surface area (Å²) in [5, 5.41) is 0.739. The zero-order chi connectivity index (χ0) is 17.8. The van der Waals surface area contributed by atoms with Crippen molar-refractivity contribution in [3.63, 3.8) is 0 Å². The Morgan fingerprint density at radius 3 is 2.44 bits per heavy atom. The lowest BCUT2D eigenvalue weighted by atomic mass is 10.1. The van der Waals surface area contributed by atoms with Gasteiger partial charge in [-0.3, -0.25) is 20.0 Å². The molecule has 0 spiro atoms. The summed E-state index contributed by atoms with van der Waals surface area (Å²) in [6, 6.07) is 17.3. The van der Waals surface area contributed by atoms with Gasteiger partial charge >= 0.3 is 0 Å². The number of nitrogens with two attached hydrogens (primary N) is 1. The predicted molar refractivity (Wildman–Crippen MR) is 95.5 cm³/mol. The summed E-state index contributed by atoms with van der Waals surface area (Å²) in [4.78, 5) is 28.7. The van der Waals surface area contributed by atoms with E-state index in [0.29, 0.717) is 11.1 Å². The van der Waals surface area contributed by atoms with E-state index >= 15 is 0 Å². The molecule has 0 aliphatic heterocycles. The van der Waals surface area contributed by atoms with Crippen LogP contribution < -0.4 is 16.6 Å². The van der Waals surface area contributed by atoms with Crippen molar-refractivity contribution in [1.29, 1.82) is 0 Å². The van der Waals surface area contributed by atoms with Crippen molar-refractivity contribution in [2.45, 2.75) is 13.0 Å². The first kappa shape index (κ1) is 16.6. The molecule has 0 radical (unpaired) electrons. The van der Waals surface area contributed by atoms with Crippen LogP contribution in [0.15, 0.2) is 60.7 Å². The summed E-state index contributed by atoms with van der Waals surface area (Å²) < 4.78 is 0. The van der Waals surface area contributed by atoms with Crippen LogP contribution in [0.2, 0.25) is 0 Å². The summed E-state index contributed by atoms with van der Waals surface area (Å²) in [7, 11) is 0. The summed E-state index contributed by atoms with van der Waals surface area (Å²) >= 11 is 0. The molecule has 0 aliphatic rings. The number of hydrazine groups is 1. The molecule has 25 heavy (non-hydrogen) atoms. The number of primary amides is 1. The number of pyridine rings is 1. The van der Waals surface area contributed by atoms with E-state index in [4.69, 9.17) is 5.73 Å². The Labute approximate surface area is 145 Å². The molecule has 1 atom stereocenters. The van der Waals surface area contributed by atoms with Gasteiger partial charge in [-0.25, -0.2) is 5.43 Å². The Morgan fingerprint density at radius 2 is 1.72 bits per heavy atom. The Kier molecular flexibility index (Phi) is 4.72. The van der Waals surface area contributed by atoms with E-state index < -0.39 is 11.9 Å². The van der Waals surface area contributed by atoms with Gasteiger partial charge in [-0.2, -0.15) is 0 Å². The minimum atomic E-state index is -0.820. The number of aromatic nitrogens is 1. The molecular formula is C19H18N4O2. The van der Waals surface area contributed by atoms with Crippen LogP contribution in [-0.4, -0.2) is 16.8 Å². The van der Waals surface area contributed by atoms with Gasteiger partial charge in [-0.15, -0.1) is 0 Å². The number of para-hydroxylation sites is 1. The number of hydrogen-bond donors (Lipinski definition) is 3. The molecule has 6 heteroatoms. The number of nitrogens with one attached hydrogen (secondary N) is 2. The number of carbonyl (C=O) groups excluding carboxylic acids is 2. The Bertz CT molecular complexity index is 925. The first-order chi connectivity index (χ1) is 12.1.